The molecule has 1 heterocycles. The van der Waals surface area contributed by atoms with E-state index in [2.05, 4.69) is 23.8 Å². The highest BCUT2D eigenvalue weighted by atomic mass is 16.6. The van der Waals surface area contributed by atoms with Crippen molar-refractivity contribution in [2.75, 3.05) is 12.3 Å². The fourth-order valence-electron chi connectivity index (χ4n) is 1.97. The Morgan fingerprint density at radius 2 is 2.10 bits per heavy atom. The molecular weight excluding hydrogens is 260 g/mol. The Hall–Kier alpha value is -1.92. The molecule has 0 aliphatic carbocycles. The van der Waals surface area contributed by atoms with E-state index in [1.165, 1.54) is 6.92 Å². The van der Waals surface area contributed by atoms with Gasteiger partial charge in [0.25, 0.3) is 5.88 Å². The number of nitrogens with two attached hydrogens (primary N) is 1. The number of nitrogens with zero attached hydrogens (tertiary/aromatic N) is 3. The molecule has 0 fully saturated rings. The first-order chi connectivity index (χ1) is 9.49. The molecule has 0 bridgehead atoms. The number of aromatic nitrogens is 2. The summed E-state index contributed by atoms with van der Waals surface area (Å²) >= 11 is 0. The summed E-state index contributed by atoms with van der Waals surface area (Å²) in [5.74, 6) is 0.325. The molecule has 1 aromatic rings. The Morgan fingerprint density at radius 3 is 2.65 bits per heavy atom. The number of anilines is 1. The summed E-state index contributed by atoms with van der Waals surface area (Å²) in [6.45, 7) is 6.15. The number of ether oxygens (including phenoxy) is 1. The van der Waals surface area contributed by atoms with Crippen LogP contribution < -0.4 is 10.5 Å². The van der Waals surface area contributed by atoms with Crippen LogP contribution in [0.3, 0.4) is 0 Å². The van der Waals surface area contributed by atoms with Gasteiger partial charge >= 0.3 is 5.69 Å². The zero-order valence-electron chi connectivity index (χ0n) is 12.3. The molecular formula is C13H22N4O3. The van der Waals surface area contributed by atoms with E-state index in [-0.39, 0.29) is 23.2 Å². The minimum absolute atomic E-state index is 0.00953. The van der Waals surface area contributed by atoms with Crippen molar-refractivity contribution in [1.82, 2.24) is 9.97 Å². The van der Waals surface area contributed by atoms with Gasteiger partial charge in [0.1, 0.15) is 5.69 Å². The van der Waals surface area contributed by atoms with Crippen LogP contribution >= 0.6 is 0 Å². The number of aryl methyl sites for hydroxylation is 1. The van der Waals surface area contributed by atoms with Crippen molar-refractivity contribution in [2.24, 2.45) is 5.92 Å². The maximum atomic E-state index is 11.0. The van der Waals surface area contributed by atoms with Crippen LogP contribution in [-0.4, -0.2) is 21.5 Å². The average Bonchev–Trinajstić information content (AvgIpc) is 2.37. The molecule has 1 unspecified atom stereocenters. The van der Waals surface area contributed by atoms with E-state index in [9.17, 15) is 10.1 Å². The Balaban J connectivity index is 2.83. The van der Waals surface area contributed by atoms with Crippen LogP contribution in [0.1, 0.15) is 45.2 Å². The maximum Gasteiger partial charge on any atom is 0.352 e. The minimum Gasteiger partial charge on any atom is -0.472 e. The number of rotatable bonds is 8. The van der Waals surface area contributed by atoms with Gasteiger partial charge < -0.3 is 10.5 Å². The van der Waals surface area contributed by atoms with Crippen molar-refractivity contribution < 1.29 is 9.66 Å². The van der Waals surface area contributed by atoms with Gasteiger partial charge in [-0.1, -0.05) is 33.1 Å². The van der Waals surface area contributed by atoms with E-state index in [4.69, 9.17) is 10.5 Å². The molecule has 1 aromatic heterocycles. The zero-order chi connectivity index (χ0) is 15.1. The van der Waals surface area contributed by atoms with Crippen molar-refractivity contribution in [3.63, 3.8) is 0 Å². The summed E-state index contributed by atoms with van der Waals surface area (Å²) in [7, 11) is 0. The van der Waals surface area contributed by atoms with Crippen LogP contribution in [0.2, 0.25) is 0 Å². The van der Waals surface area contributed by atoms with Gasteiger partial charge in [-0.05, 0) is 19.3 Å². The third-order valence-electron chi connectivity index (χ3n) is 3.23. The van der Waals surface area contributed by atoms with Gasteiger partial charge in [0, 0.05) is 0 Å². The molecule has 1 rings (SSSR count). The van der Waals surface area contributed by atoms with Crippen LogP contribution in [0, 0.1) is 23.0 Å². The first-order valence-corrected chi connectivity index (χ1v) is 6.90. The Labute approximate surface area is 118 Å². The van der Waals surface area contributed by atoms with Crippen LogP contribution in [0.5, 0.6) is 5.88 Å². The molecule has 0 aliphatic rings. The number of nitrogen functional groups attached to an aromatic ring is 1. The molecule has 1 atom stereocenters. The van der Waals surface area contributed by atoms with Crippen LogP contribution in [0.4, 0.5) is 11.6 Å². The van der Waals surface area contributed by atoms with Crippen molar-refractivity contribution in [3.8, 4) is 5.88 Å². The second kappa shape index (κ2) is 7.62. The molecule has 0 saturated heterocycles. The van der Waals surface area contributed by atoms with Crippen LogP contribution in [0.25, 0.3) is 0 Å². The van der Waals surface area contributed by atoms with Crippen molar-refractivity contribution in [3.05, 3.63) is 15.8 Å². The number of unbranched alkanes of at least 4 members (excludes halogenated alkanes) is 1. The topological polar surface area (TPSA) is 104 Å². The highest BCUT2D eigenvalue weighted by Crippen LogP contribution is 2.28. The smallest absolute Gasteiger partial charge is 0.352 e. The lowest BCUT2D eigenvalue weighted by molar-refractivity contribution is -0.387. The highest BCUT2D eigenvalue weighted by Gasteiger charge is 2.23. The molecule has 7 nitrogen and oxygen atoms in total. The SMILES string of the molecule is CCCCC(CC)COc1nc(N)nc(C)c1[N+](=O)[O-]. The zero-order valence-corrected chi connectivity index (χ0v) is 12.3. The first kappa shape index (κ1) is 16.1. The van der Waals surface area contributed by atoms with E-state index in [1.54, 1.807) is 0 Å². The summed E-state index contributed by atoms with van der Waals surface area (Å²) in [6.07, 6.45) is 4.25. The van der Waals surface area contributed by atoms with Crippen molar-refractivity contribution in [1.29, 1.82) is 0 Å². The fourth-order valence-corrected chi connectivity index (χ4v) is 1.97. The largest absolute Gasteiger partial charge is 0.472 e. The van der Waals surface area contributed by atoms with Gasteiger partial charge in [-0.25, -0.2) is 4.98 Å². The third-order valence-corrected chi connectivity index (χ3v) is 3.23. The van der Waals surface area contributed by atoms with Crippen LogP contribution in [0.15, 0.2) is 0 Å². The van der Waals surface area contributed by atoms with Gasteiger partial charge in [0.15, 0.2) is 0 Å². The average molecular weight is 282 g/mol. The Kier molecular flexibility index (Phi) is 6.14. The predicted octanol–water partition coefficient (Wildman–Crippen LogP) is 2.87. The van der Waals surface area contributed by atoms with Gasteiger partial charge in [-0.15, -0.1) is 0 Å². The summed E-state index contributed by atoms with van der Waals surface area (Å²) < 4.78 is 5.54. The monoisotopic (exact) mass is 282 g/mol. The summed E-state index contributed by atoms with van der Waals surface area (Å²) in [5.41, 5.74) is 5.54. The maximum absolute atomic E-state index is 11.0. The van der Waals surface area contributed by atoms with Crippen molar-refractivity contribution >= 4 is 11.6 Å². The lowest BCUT2D eigenvalue weighted by Crippen LogP contribution is -2.14. The normalized spacial score (nSPS) is 12.2. The van der Waals surface area contributed by atoms with Gasteiger partial charge in [-0.3, -0.25) is 10.1 Å². The number of nitro groups is 1. The number of hydrogen-bond donors (Lipinski definition) is 1. The van der Waals surface area contributed by atoms with Gasteiger partial charge in [-0.2, -0.15) is 4.98 Å². The van der Waals surface area contributed by atoms with Crippen molar-refractivity contribution in [2.45, 2.75) is 46.5 Å². The highest BCUT2D eigenvalue weighted by molar-refractivity contribution is 5.47. The summed E-state index contributed by atoms with van der Waals surface area (Å²) in [4.78, 5) is 18.2. The standard InChI is InChI=1S/C13H22N4O3/c1-4-6-7-10(5-2)8-20-12-11(17(18)19)9(3)15-13(14)16-12/h10H,4-8H2,1-3H3,(H2,14,15,16). The van der Waals surface area contributed by atoms with E-state index < -0.39 is 4.92 Å². The molecule has 0 amide bonds. The second-order valence-corrected chi connectivity index (χ2v) is 4.81. The first-order valence-electron chi connectivity index (χ1n) is 6.90. The molecule has 0 aromatic carbocycles. The Morgan fingerprint density at radius 1 is 1.40 bits per heavy atom. The molecule has 112 valence electrons. The minimum atomic E-state index is -0.531. The van der Waals surface area contributed by atoms with Gasteiger partial charge in [0.2, 0.25) is 5.95 Å². The molecule has 0 radical (unpaired) electrons. The molecule has 2 N–H and O–H groups in total. The van der Waals surface area contributed by atoms with Gasteiger partial charge in [0.05, 0.1) is 11.5 Å². The van der Waals surface area contributed by atoms with E-state index in [0.717, 1.165) is 25.7 Å². The molecule has 7 heteroatoms. The fraction of sp³-hybridized carbons (Fsp3) is 0.692. The third kappa shape index (κ3) is 4.32. The summed E-state index contributed by atoms with van der Waals surface area (Å²) in [5, 5.41) is 11.0. The predicted molar refractivity (Wildman–Crippen MR) is 76.6 cm³/mol. The lowest BCUT2D eigenvalue weighted by Gasteiger charge is -2.15. The van der Waals surface area contributed by atoms with E-state index in [0.29, 0.717) is 12.5 Å². The number of hydrogen-bond acceptors (Lipinski definition) is 6. The van der Waals surface area contributed by atoms with E-state index >= 15 is 0 Å². The van der Waals surface area contributed by atoms with Crippen LogP contribution in [-0.2, 0) is 0 Å². The quantitative estimate of drug-likeness (QED) is 0.580. The second-order valence-electron chi connectivity index (χ2n) is 4.81. The molecule has 0 aliphatic heterocycles. The molecule has 0 spiro atoms. The molecule has 0 saturated carbocycles. The van der Waals surface area contributed by atoms with E-state index in [1.807, 2.05) is 0 Å². The molecule has 20 heavy (non-hydrogen) atoms. The summed E-state index contributed by atoms with van der Waals surface area (Å²) in [6, 6.07) is 0. The Bertz CT molecular complexity index is 465. The lowest BCUT2D eigenvalue weighted by atomic mass is 10.0.